The van der Waals surface area contributed by atoms with Crippen molar-refractivity contribution < 1.29 is 30.7 Å². The lowest BCUT2D eigenvalue weighted by molar-refractivity contribution is -0.141. The van der Waals surface area contributed by atoms with Gasteiger partial charge in [-0.25, -0.2) is 22.8 Å². The Morgan fingerprint density at radius 3 is 2.44 bits per heavy atom. The van der Waals surface area contributed by atoms with Gasteiger partial charge in [-0.15, -0.1) is 0 Å². The molecule has 0 aliphatic rings. The van der Waals surface area contributed by atoms with Crippen molar-refractivity contribution in [3.8, 4) is 27.4 Å². The number of halogens is 4. The second-order valence-electron chi connectivity index (χ2n) is 8.38. The van der Waals surface area contributed by atoms with Gasteiger partial charge in [0.2, 0.25) is 0 Å². The van der Waals surface area contributed by atoms with Crippen LogP contribution in [0.2, 0.25) is 0 Å². The van der Waals surface area contributed by atoms with Crippen LogP contribution in [0.4, 0.5) is 23.2 Å². The molecule has 5 aromatic rings. The van der Waals surface area contributed by atoms with Gasteiger partial charge in [-0.3, -0.25) is 9.71 Å². The molecule has 39 heavy (non-hydrogen) atoms. The molecule has 3 aromatic heterocycles. The fourth-order valence-corrected chi connectivity index (χ4v) is 6.14. The third-order valence-electron chi connectivity index (χ3n) is 5.86. The lowest BCUT2D eigenvalue weighted by Gasteiger charge is -2.14. The summed E-state index contributed by atoms with van der Waals surface area (Å²) in [6.07, 6.45) is -1.88. The molecule has 3 heterocycles. The van der Waals surface area contributed by atoms with Crippen LogP contribution in [0.25, 0.3) is 32.0 Å². The highest BCUT2D eigenvalue weighted by Gasteiger charge is 2.32. The molecule has 1 N–H and O–H groups in total. The summed E-state index contributed by atoms with van der Waals surface area (Å²) in [6, 6.07) is 12.1. The van der Waals surface area contributed by atoms with E-state index in [1.165, 1.54) is 36.8 Å². The molecule has 7 nitrogen and oxygen atoms in total. The van der Waals surface area contributed by atoms with Crippen LogP contribution in [-0.2, 0) is 16.2 Å². The first-order valence-electron chi connectivity index (χ1n) is 11.2. The summed E-state index contributed by atoms with van der Waals surface area (Å²) < 4.78 is 86.1. The van der Waals surface area contributed by atoms with Crippen LogP contribution in [0.5, 0.6) is 5.75 Å². The van der Waals surface area contributed by atoms with Crippen molar-refractivity contribution in [2.75, 3.05) is 11.8 Å². The lowest BCUT2D eigenvalue weighted by Crippen LogP contribution is -2.15. The Bertz CT molecular complexity index is 1810. The highest BCUT2D eigenvalue weighted by atomic mass is 32.2. The van der Waals surface area contributed by atoms with E-state index in [0.717, 1.165) is 24.4 Å². The topological polar surface area (TPSA) is 94.1 Å². The normalized spacial score (nSPS) is 12.1. The molecule has 0 aliphatic carbocycles. The Morgan fingerprint density at radius 2 is 1.74 bits per heavy atom. The zero-order chi connectivity index (χ0) is 27.9. The average molecular weight is 575 g/mol. The van der Waals surface area contributed by atoms with Crippen LogP contribution < -0.4 is 9.46 Å². The summed E-state index contributed by atoms with van der Waals surface area (Å²) in [5.41, 5.74) is 2.00. The van der Waals surface area contributed by atoms with Crippen molar-refractivity contribution in [1.82, 2.24) is 15.0 Å². The fourth-order valence-electron chi connectivity index (χ4n) is 3.87. The number of hydrogen-bond donors (Lipinski definition) is 1. The minimum absolute atomic E-state index is 0.00555. The molecule has 0 radical (unpaired) electrons. The molecule has 5 rings (SSSR count). The Labute approximate surface area is 224 Å². The van der Waals surface area contributed by atoms with E-state index in [0.29, 0.717) is 37.6 Å². The summed E-state index contributed by atoms with van der Waals surface area (Å²) in [5.74, 6) is -0.732. The highest BCUT2D eigenvalue weighted by molar-refractivity contribution is 7.92. The number of nitrogens with zero attached hydrogens (tertiary/aromatic N) is 3. The summed E-state index contributed by atoms with van der Waals surface area (Å²) in [6.45, 7) is 1.72. The third kappa shape index (κ3) is 5.27. The highest BCUT2D eigenvalue weighted by Crippen LogP contribution is 2.36. The largest absolute Gasteiger partial charge is 0.495 e. The molecule has 13 heteroatoms. The molecule has 0 fully saturated rings. The van der Waals surface area contributed by atoms with Gasteiger partial charge in [0.25, 0.3) is 10.0 Å². The van der Waals surface area contributed by atoms with Crippen LogP contribution in [0.15, 0.2) is 71.9 Å². The molecule has 2 aromatic carbocycles. The number of ether oxygens (including phenoxy) is 1. The van der Waals surface area contributed by atoms with E-state index in [1.807, 2.05) is 0 Å². The number of aromatic nitrogens is 3. The third-order valence-corrected chi connectivity index (χ3v) is 8.26. The van der Waals surface area contributed by atoms with Crippen LogP contribution in [0.1, 0.15) is 11.3 Å². The number of anilines is 1. The first kappa shape index (κ1) is 26.5. The standard InChI is InChI=1S/C26H18F4N4O3S2/c1-14-18(4-3-5-19(14)34-39(35,36)22-11-17(27)7-8-21(22)37-2)24-33-20-10-16(13-32-25(20)38-24)15-6-9-23(31-12-15)26(28,29)30/h3-13,34H,1-2H3. The number of hydrogen-bond acceptors (Lipinski definition) is 7. The van der Waals surface area contributed by atoms with Gasteiger partial charge >= 0.3 is 6.18 Å². The monoisotopic (exact) mass is 574 g/mol. The molecular formula is C26H18F4N4O3S2. The predicted molar refractivity (Wildman–Crippen MR) is 140 cm³/mol. The maximum absolute atomic E-state index is 13.8. The van der Waals surface area contributed by atoms with Gasteiger partial charge in [-0.2, -0.15) is 13.2 Å². The maximum Gasteiger partial charge on any atom is 0.433 e. The predicted octanol–water partition coefficient (Wildman–Crippen LogP) is 6.70. The Morgan fingerprint density at radius 1 is 0.974 bits per heavy atom. The minimum Gasteiger partial charge on any atom is -0.495 e. The van der Waals surface area contributed by atoms with Crippen molar-refractivity contribution in [2.45, 2.75) is 18.0 Å². The number of pyridine rings is 2. The number of rotatable bonds is 6. The number of nitrogens with one attached hydrogen (secondary N) is 1. The van der Waals surface area contributed by atoms with E-state index in [4.69, 9.17) is 4.74 Å². The molecule has 0 unspecified atom stereocenters. The SMILES string of the molecule is COc1ccc(F)cc1S(=O)(=O)Nc1cccc(-c2nc3cc(-c4ccc(C(F)(F)F)nc4)cnc3s2)c1C. The molecule has 0 saturated heterocycles. The summed E-state index contributed by atoms with van der Waals surface area (Å²) in [4.78, 5) is 12.8. The van der Waals surface area contributed by atoms with Crippen LogP contribution in [-0.4, -0.2) is 30.5 Å². The number of alkyl halides is 3. The van der Waals surface area contributed by atoms with E-state index in [9.17, 15) is 26.0 Å². The Kier molecular flexibility index (Phi) is 6.72. The van der Waals surface area contributed by atoms with E-state index in [2.05, 4.69) is 19.7 Å². The van der Waals surface area contributed by atoms with Gasteiger partial charge in [0.05, 0.1) is 12.8 Å². The van der Waals surface area contributed by atoms with Gasteiger partial charge in [0, 0.05) is 29.1 Å². The number of fused-ring (bicyclic) bond motifs is 1. The molecule has 0 amide bonds. The second kappa shape index (κ2) is 9.89. The van der Waals surface area contributed by atoms with Gasteiger partial charge < -0.3 is 4.74 Å². The van der Waals surface area contributed by atoms with E-state index in [1.54, 1.807) is 31.2 Å². The number of sulfonamides is 1. The number of benzene rings is 2. The zero-order valence-electron chi connectivity index (χ0n) is 20.2. The van der Waals surface area contributed by atoms with Crippen molar-refractivity contribution >= 4 is 37.4 Å². The maximum atomic E-state index is 13.8. The summed E-state index contributed by atoms with van der Waals surface area (Å²) >= 11 is 1.27. The van der Waals surface area contributed by atoms with E-state index < -0.39 is 27.7 Å². The molecule has 0 aliphatic heterocycles. The quantitative estimate of drug-likeness (QED) is 0.227. The molecule has 0 saturated carbocycles. The van der Waals surface area contributed by atoms with Crippen LogP contribution in [0, 0.1) is 12.7 Å². The smallest absolute Gasteiger partial charge is 0.433 e. The molecule has 0 atom stereocenters. The van der Waals surface area contributed by atoms with Crippen LogP contribution >= 0.6 is 11.3 Å². The summed E-state index contributed by atoms with van der Waals surface area (Å²) in [5, 5.41) is 0.557. The molecule has 0 spiro atoms. The van der Waals surface area contributed by atoms with Crippen molar-refractivity contribution in [3.05, 3.63) is 84.1 Å². The zero-order valence-corrected chi connectivity index (χ0v) is 21.9. The summed E-state index contributed by atoms with van der Waals surface area (Å²) in [7, 11) is -2.90. The van der Waals surface area contributed by atoms with Crippen molar-refractivity contribution in [2.24, 2.45) is 0 Å². The lowest BCUT2D eigenvalue weighted by atomic mass is 10.1. The Balaban J connectivity index is 1.47. The Hall–Kier alpha value is -4.10. The fraction of sp³-hybridized carbons (Fsp3) is 0.115. The van der Waals surface area contributed by atoms with Gasteiger partial charge in [-0.05, 0) is 48.9 Å². The number of thiazole rings is 1. The van der Waals surface area contributed by atoms with E-state index >= 15 is 0 Å². The van der Waals surface area contributed by atoms with E-state index in [-0.39, 0.29) is 16.3 Å². The van der Waals surface area contributed by atoms with Crippen molar-refractivity contribution in [1.29, 1.82) is 0 Å². The minimum atomic E-state index is -4.53. The molecule has 200 valence electrons. The first-order valence-corrected chi connectivity index (χ1v) is 13.5. The average Bonchev–Trinajstić information content (AvgIpc) is 3.32. The van der Waals surface area contributed by atoms with Crippen molar-refractivity contribution in [3.63, 3.8) is 0 Å². The molecular weight excluding hydrogens is 556 g/mol. The van der Waals surface area contributed by atoms with Gasteiger partial charge in [-0.1, -0.05) is 29.5 Å². The first-order chi connectivity index (χ1) is 18.5. The van der Waals surface area contributed by atoms with Crippen LogP contribution in [0.3, 0.4) is 0 Å². The van der Waals surface area contributed by atoms with Gasteiger partial charge in [0.15, 0.2) is 0 Å². The molecule has 0 bridgehead atoms. The van der Waals surface area contributed by atoms with Gasteiger partial charge in [0.1, 0.15) is 37.5 Å². The second-order valence-corrected chi connectivity index (χ2v) is 11.0. The number of methoxy groups -OCH3 is 1.